The molecule has 2 amide bonds. The molecule has 0 unspecified atom stereocenters. The fraction of sp³-hybridized carbons (Fsp3) is 0.846. The third-order valence-electron chi connectivity index (χ3n) is 3.78. The van der Waals surface area contributed by atoms with E-state index in [1.54, 1.807) is 7.11 Å². The second-order valence-corrected chi connectivity index (χ2v) is 5.69. The number of amides is 2. The molecule has 1 rings (SSSR count). The van der Waals surface area contributed by atoms with Crippen LogP contribution < -0.4 is 10.6 Å². The summed E-state index contributed by atoms with van der Waals surface area (Å²) in [6.45, 7) is 4.31. The van der Waals surface area contributed by atoms with Crippen molar-refractivity contribution in [2.75, 3.05) is 13.7 Å². The van der Waals surface area contributed by atoms with Crippen molar-refractivity contribution in [3.63, 3.8) is 0 Å². The van der Waals surface area contributed by atoms with Crippen molar-refractivity contribution in [3.05, 3.63) is 0 Å². The van der Waals surface area contributed by atoms with E-state index in [9.17, 15) is 14.7 Å². The minimum atomic E-state index is -1.08. The molecular weight excluding hydrogens is 248 g/mol. The van der Waals surface area contributed by atoms with Crippen LogP contribution in [0.1, 0.15) is 46.0 Å². The first kappa shape index (κ1) is 15.8. The number of aliphatic carboxylic acids is 1. The van der Waals surface area contributed by atoms with Crippen LogP contribution in [0, 0.1) is 0 Å². The van der Waals surface area contributed by atoms with Crippen molar-refractivity contribution < 1.29 is 19.4 Å². The molecule has 19 heavy (non-hydrogen) atoms. The zero-order valence-corrected chi connectivity index (χ0v) is 11.9. The first-order valence-electron chi connectivity index (χ1n) is 6.66. The van der Waals surface area contributed by atoms with E-state index in [0.29, 0.717) is 25.8 Å². The van der Waals surface area contributed by atoms with E-state index in [2.05, 4.69) is 10.6 Å². The maximum atomic E-state index is 11.8. The smallest absolute Gasteiger partial charge is 0.329 e. The average Bonchev–Trinajstić information content (AvgIpc) is 2.78. The third kappa shape index (κ3) is 4.38. The summed E-state index contributed by atoms with van der Waals surface area (Å²) in [7, 11) is 1.62. The van der Waals surface area contributed by atoms with Crippen LogP contribution in [0.25, 0.3) is 0 Å². The number of methoxy groups -OCH3 is 1. The maximum absolute atomic E-state index is 11.8. The molecule has 1 saturated carbocycles. The van der Waals surface area contributed by atoms with E-state index >= 15 is 0 Å². The van der Waals surface area contributed by atoms with Crippen molar-refractivity contribution in [1.82, 2.24) is 10.6 Å². The van der Waals surface area contributed by atoms with Crippen LogP contribution in [0.4, 0.5) is 4.79 Å². The molecule has 3 N–H and O–H groups in total. The quantitative estimate of drug-likeness (QED) is 0.683. The lowest BCUT2D eigenvalue weighted by atomic mass is 9.98. The minimum absolute atomic E-state index is 0.300. The van der Waals surface area contributed by atoms with Crippen LogP contribution in [0.5, 0.6) is 0 Å². The van der Waals surface area contributed by atoms with Gasteiger partial charge < -0.3 is 20.5 Å². The van der Waals surface area contributed by atoms with Crippen LogP contribution in [0.3, 0.4) is 0 Å². The highest BCUT2D eigenvalue weighted by Gasteiger charge is 2.42. The second-order valence-electron chi connectivity index (χ2n) is 5.69. The van der Waals surface area contributed by atoms with E-state index in [1.807, 2.05) is 13.8 Å². The van der Waals surface area contributed by atoms with Gasteiger partial charge in [0, 0.05) is 13.7 Å². The summed E-state index contributed by atoms with van der Waals surface area (Å²) in [6.07, 6.45) is 3.34. The highest BCUT2D eigenvalue weighted by molar-refractivity contribution is 5.86. The molecule has 0 aromatic carbocycles. The molecule has 0 heterocycles. The first-order chi connectivity index (χ1) is 8.81. The Morgan fingerprint density at radius 3 is 2.37 bits per heavy atom. The Hall–Kier alpha value is -1.30. The van der Waals surface area contributed by atoms with Crippen molar-refractivity contribution >= 4 is 12.0 Å². The molecule has 0 aliphatic heterocycles. The van der Waals surface area contributed by atoms with Crippen molar-refractivity contribution in [3.8, 4) is 0 Å². The summed E-state index contributed by atoms with van der Waals surface area (Å²) in [5.74, 6) is -0.947. The topological polar surface area (TPSA) is 87.7 Å². The lowest BCUT2D eigenvalue weighted by Gasteiger charge is -2.26. The number of hydrogen-bond acceptors (Lipinski definition) is 3. The number of urea groups is 1. The van der Waals surface area contributed by atoms with Crippen LogP contribution in [-0.2, 0) is 9.53 Å². The molecule has 110 valence electrons. The lowest BCUT2D eigenvalue weighted by Crippen LogP contribution is -2.55. The van der Waals surface area contributed by atoms with Gasteiger partial charge in [0.2, 0.25) is 0 Å². The highest BCUT2D eigenvalue weighted by atomic mass is 16.5. The molecule has 1 aliphatic carbocycles. The third-order valence-corrected chi connectivity index (χ3v) is 3.78. The van der Waals surface area contributed by atoms with Crippen molar-refractivity contribution in [1.29, 1.82) is 0 Å². The van der Waals surface area contributed by atoms with E-state index in [0.717, 1.165) is 12.8 Å². The van der Waals surface area contributed by atoms with E-state index in [4.69, 9.17) is 4.74 Å². The summed E-state index contributed by atoms with van der Waals surface area (Å²) >= 11 is 0. The summed E-state index contributed by atoms with van der Waals surface area (Å²) in [5, 5.41) is 14.5. The second kappa shape index (κ2) is 6.23. The first-order valence-corrected chi connectivity index (χ1v) is 6.66. The monoisotopic (exact) mass is 272 g/mol. The molecule has 0 saturated heterocycles. The van der Waals surface area contributed by atoms with Crippen LogP contribution in [0.2, 0.25) is 0 Å². The highest BCUT2D eigenvalue weighted by Crippen LogP contribution is 2.29. The summed E-state index contributed by atoms with van der Waals surface area (Å²) < 4.78 is 5.25. The standard InChI is InChI=1S/C13H24N2O4/c1-12(2,19-3)8-9-14-11(18)15-13(10(16)17)6-4-5-7-13/h4-9H2,1-3H3,(H,16,17)(H2,14,15,18). The van der Waals surface area contributed by atoms with Gasteiger partial charge in [0.05, 0.1) is 5.60 Å². The molecule has 0 atom stereocenters. The molecule has 6 nitrogen and oxygen atoms in total. The summed E-state index contributed by atoms with van der Waals surface area (Å²) in [5.41, 5.74) is -1.38. The van der Waals surface area contributed by atoms with Crippen LogP contribution >= 0.6 is 0 Å². The predicted molar refractivity (Wildman–Crippen MR) is 71.1 cm³/mol. The minimum Gasteiger partial charge on any atom is -0.480 e. The Morgan fingerprint density at radius 1 is 1.32 bits per heavy atom. The lowest BCUT2D eigenvalue weighted by molar-refractivity contribution is -0.144. The normalized spacial score (nSPS) is 18.1. The van der Waals surface area contributed by atoms with Crippen LogP contribution in [-0.4, -0.2) is 41.9 Å². The number of nitrogens with one attached hydrogen (secondary N) is 2. The van der Waals surface area contributed by atoms with Gasteiger partial charge in [-0.2, -0.15) is 0 Å². The largest absolute Gasteiger partial charge is 0.480 e. The van der Waals surface area contributed by atoms with Gasteiger partial charge in [0.25, 0.3) is 0 Å². The van der Waals surface area contributed by atoms with Crippen molar-refractivity contribution in [2.45, 2.75) is 57.1 Å². The fourth-order valence-corrected chi connectivity index (χ4v) is 2.21. The van der Waals surface area contributed by atoms with Gasteiger partial charge in [0.15, 0.2) is 0 Å². The van der Waals surface area contributed by atoms with E-state index < -0.39 is 17.5 Å². The molecule has 1 aliphatic rings. The Balaban J connectivity index is 2.40. The zero-order chi connectivity index (χ0) is 14.5. The Bertz CT molecular complexity index is 336. The molecule has 0 aromatic rings. The van der Waals surface area contributed by atoms with Crippen LogP contribution in [0.15, 0.2) is 0 Å². The van der Waals surface area contributed by atoms with Gasteiger partial charge in [-0.15, -0.1) is 0 Å². The Labute approximate surface area is 113 Å². The molecule has 0 spiro atoms. The van der Waals surface area contributed by atoms with Gasteiger partial charge in [0.1, 0.15) is 5.54 Å². The van der Waals surface area contributed by atoms with Gasteiger partial charge in [-0.3, -0.25) is 0 Å². The molecule has 0 bridgehead atoms. The van der Waals surface area contributed by atoms with Crippen molar-refractivity contribution in [2.24, 2.45) is 0 Å². The molecule has 0 aromatic heterocycles. The van der Waals surface area contributed by atoms with Gasteiger partial charge in [-0.1, -0.05) is 12.8 Å². The Kier molecular flexibility index (Phi) is 5.17. The zero-order valence-electron chi connectivity index (χ0n) is 11.9. The molecule has 6 heteroatoms. The average molecular weight is 272 g/mol. The number of hydrogen-bond donors (Lipinski definition) is 3. The molecule has 1 fully saturated rings. The molecular formula is C13H24N2O4. The maximum Gasteiger partial charge on any atom is 0.329 e. The van der Waals surface area contributed by atoms with Gasteiger partial charge in [-0.05, 0) is 33.1 Å². The van der Waals surface area contributed by atoms with E-state index in [-0.39, 0.29) is 5.60 Å². The van der Waals surface area contributed by atoms with E-state index in [1.165, 1.54) is 0 Å². The summed E-state index contributed by atoms with van der Waals surface area (Å²) in [4.78, 5) is 23.0. The number of ether oxygens (including phenoxy) is 1. The number of carbonyl (C=O) groups excluding carboxylic acids is 1. The number of rotatable bonds is 6. The van der Waals surface area contributed by atoms with Gasteiger partial charge in [-0.25, -0.2) is 9.59 Å². The number of carbonyl (C=O) groups is 2. The molecule has 0 radical (unpaired) electrons. The fourth-order valence-electron chi connectivity index (χ4n) is 2.21. The number of carboxylic acids is 1. The number of carboxylic acid groups (broad SMARTS) is 1. The predicted octanol–water partition coefficient (Wildman–Crippen LogP) is 1.50. The summed E-state index contributed by atoms with van der Waals surface area (Å²) in [6, 6.07) is -0.420. The van der Waals surface area contributed by atoms with Gasteiger partial charge >= 0.3 is 12.0 Å². The SMILES string of the molecule is COC(C)(C)CCNC(=O)NC1(C(=O)O)CCCC1. The Morgan fingerprint density at radius 2 is 1.89 bits per heavy atom.